The average molecular weight is 566 g/mol. The predicted molar refractivity (Wildman–Crippen MR) is 120 cm³/mol. The van der Waals surface area contributed by atoms with Crippen LogP contribution in [-0.4, -0.2) is 32.5 Å². The smallest absolute Gasteiger partial charge is 0.255 e. The first-order valence-corrected chi connectivity index (χ1v) is 12.5. The Kier molecular flexibility index (Phi) is 6.75. The van der Waals surface area contributed by atoms with Gasteiger partial charge in [0.15, 0.2) is 15.7 Å². The van der Waals surface area contributed by atoms with Crippen LogP contribution in [0.15, 0.2) is 64.6 Å². The number of nitrogens with zero attached hydrogens (tertiary/aromatic N) is 2. The lowest BCUT2D eigenvalue weighted by Crippen LogP contribution is -2.43. The van der Waals surface area contributed by atoms with E-state index in [9.17, 15) is 47.9 Å². The predicted octanol–water partition coefficient (Wildman–Crippen LogP) is 6.82. The van der Waals surface area contributed by atoms with Gasteiger partial charge in [-0.3, -0.25) is 5.01 Å². The summed E-state index contributed by atoms with van der Waals surface area (Å²) in [5, 5.41) is 3.84. The van der Waals surface area contributed by atoms with Crippen molar-refractivity contribution in [1.29, 1.82) is 0 Å². The highest BCUT2D eigenvalue weighted by molar-refractivity contribution is 7.90. The number of benzene rings is 3. The van der Waals surface area contributed by atoms with Gasteiger partial charge in [-0.2, -0.15) is 27.1 Å². The molecule has 0 amide bonds. The molecule has 0 bridgehead atoms. The first-order valence-electron chi connectivity index (χ1n) is 10.6. The highest BCUT2D eigenvalue weighted by Crippen LogP contribution is 2.45. The van der Waals surface area contributed by atoms with Gasteiger partial charge in [0.25, 0.3) is 0 Å². The maximum Gasteiger partial charge on any atom is 0.459 e. The summed E-state index contributed by atoms with van der Waals surface area (Å²) >= 11 is 0. The van der Waals surface area contributed by atoms with Gasteiger partial charge >= 0.3 is 12.1 Å². The highest BCUT2D eigenvalue weighted by atomic mass is 32.2. The highest BCUT2D eigenvalue weighted by Gasteiger charge is 2.63. The summed E-state index contributed by atoms with van der Waals surface area (Å²) in [6.45, 7) is 0. The van der Waals surface area contributed by atoms with Gasteiger partial charge in [-0.25, -0.2) is 26.0 Å². The van der Waals surface area contributed by atoms with Crippen molar-refractivity contribution in [2.75, 3.05) is 11.3 Å². The van der Waals surface area contributed by atoms with E-state index in [4.69, 9.17) is 0 Å². The molecule has 0 N–H and O–H groups in total. The van der Waals surface area contributed by atoms with Crippen molar-refractivity contribution in [2.45, 2.75) is 29.5 Å². The number of hydrazone groups is 1. The largest absolute Gasteiger partial charge is 0.459 e. The van der Waals surface area contributed by atoms with E-state index in [1.54, 1.807) is 0 Å². The summed E-state index contributed by atoms with van der Waals surface area (Å²) in [4.78, 5) is -0.645. The minimum Gasteiger partial charge on any atom is -0.255 e. The van der Waals surface area contributed by atoms with Crippen LogP contribution in [0, 0.1) is 23.3 Å². The molecule has 0 radical (unpaired) electrons. The van der Waals surface area contributed by atoms with Crippen LogP contribution < -0.4 is 5.01 Å². The summed E-state index contributed by atoms with van der Waals surface area (Å²) < 4.78 is 148. The van der Waals surface area contributed by atoms with Crippen LogP contribution >= 0.6 is 0 Å². The Bertz CT molecular complexity index is 1530. The fraction of sp³-hybridized carbons (Fsp3) is 0.208. The zero-order valence-corrected chi connectivity index (χ0v) is 19.8. The Hall–Kier alpha value is -3.55. The molecule has 0 saturated carbocycles. The Labute approximate surface area is 209 Å². The Balaban J connectivity index is 1.83. The van der Waals surface area contributed by atoms with Crippen LogP contribution in [0.2, 0.25) is 0 Å². The van der Waals surface area contributed by atoms with Crippen LogP contribution in [-0.2, 0) is 9.84 Å². The van der Waals surface area contributed by atoms with Gasteiger partial charge < -0.3 is 0 Å². The third-order valence-electron chi connectivity index (χ3n) is 5.79. The first kappa shape index (κ1) is 27.5. The van der Waals surface area contributed by atoms with E-state index in [1.165, 1.54) is 18.2 Å². The van der Waals surface area contributed by atoms with Crippen molar-refractivity contribution in [1.82, 2.24) is 0 Å². The monoisotopic (exact) mass is 566 g/mol. The Morgan fingerprint density at radius 1 is 0.868 bits per heavy atom. The van der Waals surface area contributed by atoms with Crippen LogP contribution in [0.25, 0.3) is 11.1 Å². The number of sulfone groups is 1. The van der Waals surface area contributed by atoms with Gasteiger partial charge in [-0.1, -0.05) is 18.2 Å². The fourth-order valence-corrected chi connectivity index (χ4v) is 4.59. The molecule has 1 aliphatic rings. The summed E-state index contributed by atoms with van der Waals surface area (Å²) in [6.07, 6.45) is -6.35. The molecule has 3 aromatic carbocycles. The number of hydrogen-bond acceptors (Lipinski definition) is 4. The molecular formula is C24H15F9N2O2S. The van der Waals surface area contributed by atoms with Crippen LogP contribution in [0.3, 0.4) is 0 Å². The second-order valence-electron chi connectivity index (χ2n) is 8.44. The zero-order valence-electron chi connectivity index (χ0n) is 19.0. The molecule has 4 nitrogen and oxygen atoms in total. The molecule has 0 fully saturated rings. The van der Waals surface area contributed by atoms with Gasteiger partial charge in [-0.05, 0) is 41.5 Å². The maximum absolute atomic E-state index is 14.8. The maximum atomic E-state index is 14.8. The van der Waals surface area contributed by atoms with Crippen molar-refractivity contribution in [2.24, 2.45) is 5.10 Å². The summed E-state index contributed by atoms with van der Waals surface area (Å²) in [6, 6.07) is 6.24. The summed E-state index contributed by atoms with van der Waals surface area (Å²) in [5.41, 5.74) is -3.27. The number of halogens is 9. The third kappa shape index (κ3) is 4.96. The van der Waals surface area contributed by atoms with E-state index in [0.29, 0.717) is 23.2 Å². The van der Waals surface area contributed by atoms with Crippen LogP contribution in [0.1, 0.15) is 18.0 Å². The van der Waals surface area contributed by atoms with Gasteiger partial charge in [0, 0.05) is 18.7 Å². The molecule has 202 valence electrons. The summed E-state index contributed by atoms with van der Waals surface area (Å²) in [7, 11) is -3.97. The Morgan fingerprint density at radius 2 is 1.50 bits per heavy atom. The molecule has 1 atom stereocenters. The number of anilines is 1. The molecule has 4 rings (SSSR count). The lowest BCUT2D eigenvalue weighted by atomic mass is 9.95. The molecular weight excluding hydrogens is 551 g/mol. The van der Waals surface area contributed by atoms with E-state index >= 15 is 0 Å². The number of hydrogen-bond donors (Lipinski definition) is 0. The number of rotatable bonds is 5. The molecule has 0 spiro atoms. The van der Waals surface area contributed by atoms with Gasteiger partial charge in [-0.15, -0.1) is 0 Å². The quantitative estimate of drug-likeness (QED) is 0.319. The van der Waals surface area contributed by atoms with E-state index in [2.05, 4.69) is 5.10 Å². The molecule has 38 heavy (non-hydrogen) atoms. The van der Waals surface area contributed by atoms with E-state index < -0.39 is 79.5 Å². The van der Waals surface area contributed by atoms with E-state index in [-0.39, 0.29) is 11.1 Å². The van der Waals surface area contributed by atoms with Crippen molar-refractivity contribution >= 4 is 21.2 Å². The van der Waals surface area contributed by atoms with Gasteiger partial charge in [0.1, 0.15) is 23.2 Å². The molecule has 0 aromatic heterocycles. The molecule has 0 aliphatic carbocycles. The van der Waals surface area contributed by atoms with Crippen molar-refractivity contribution in [3.63, 3.8) is 0 Å². The molecule has 3 aromatic rings. The molecule has 14 heteroatoms. The van der Waals surface area contributed by atoms with E-state index in [1.807, 2.05) is 0 Å². The minimum absolute atomic E-state index is 0.0889. The SMILES string of the molecule is CS(=O)(=O)c1cc(F)c(-c2cccc(C3CC(C(F)(F)C(F)(F)F)=NN3c3ccc(F)cc3F)c2)c(F)c1. The van der Waals surface area contributed by atoms with Crippen LogP contribution in [0.5, 0.6) is 0 Å². The lowest BCUT2D eigenvalue weighted by molar-refractivity contribution is -0.249. The Morgan fingerprint density at radius 3 is 2.05 bits per heavy atom. The average Bonchev–Trinajstić information content (AvgIpc) is 3.23. The second-order valence-corrected chi connectivity index (χ2v) is 10.5. The fourth-order valence-electron chi connectivity index (χ4n) is 3.95. The normalized spacial score (nSPS) is 16.6. The third-order valence-corrected chi connectivity index (χ3v) is 6.88. The standard InChI is InChI=1S/C24H15F9N2O2S/c1-38(36,37)15-9-17(27)22(18(28)10-15)13-4-2-3-12(7-13)20-11-21(23(29,30)24(31,32)33)34-35(20)19-6-5-14(25)8-16(19)26/h2-10,20H,11H2,1H3. The molecule has 1 unspecified atom stereocenters. The molecule has 1 aliphatic heterocycles. The van der Waals surface area contributed by atoms with Crippen LogP contribution in [0.4, 0.5) is 45.2 Å². The van der Waals surface area contributed by atoms with Crippen molar-refractivity contribution in [3.05, 3.63) is 83.4 Å². The minimum atomic E-state index is -6.02. The van der Waals surface area contributed by atoms with Gasteiger partial charge in [0.2, 0.25) is 0 Å². The second kappa shape index (κ2) is 9.33. The van der Waals surface area contributed by atoms with E-state index in [0.717, 1.165) is 24.5 Å². The van der Waals surface area contributed by atoms with Crippen molar-refractivity contribution < 1.29 is 47.9 Å². The topological polar surface area (TPSA) is 49.7 Å². The van der Waals surface area contributed by atoms with Gasteiger partial charge in [0.05, 0.1) is 22.2 Å². The van der Waals surface area contributed by atoms with Crippen molar-refractivity contribution in [3.8, 4) is 11.1 Å². The first-order chi connectivity index (χ1) is 17.5. The summed E-state index contributed by atoms with van der Waals surface area (Å²) in [5.74, 6) is -10.3. The molecule has 1 heterocycles. The number of alkyl halides is 5. The lowest BCUT2D eigenvalue weighted by Gasteiger charge is -2.25. The molecule has 0 saturated heterocycles. The zero-order chi connectivity index (χ0) is 28.2.